The molecule has 1 N–H and O–H groups in total. The Morgan fingerprint density at radius 3 is 2.81 bits per heavy atom. The van der Waals surface area contributed by atoms with E-state index in [1.807, 2.05) is 24.3 Å². The Balaban J connectivity index is 1.36. The van der Waals surface area contributed by atoms with E-state index in [1.54, 1.807) is 11.0 Å². The van der Waals surface area contributed by atoms with E-state index in [-0.39, 0.29) is 29.6 Å². The van der Waals surface area contributed by atoms with Gasteiger partial charge in [0, 0.05) is 30.8 Å². The Labute approximate surface area is 181 Å². The van der Waals surface area contributed by atoms with Gasteiger partial charge in [0.05, 0.1) is 23.1 Å². The van der Waals surface area contributed by atoms with Crippen molar-refractivity contribution in [2.24, 2.45) is 0 Å². The fourth-order valence-electron chi connectivity index (χ4n) is 4.31. The van der Waals surface area contributed by atoms with Crippen molar-refractivity contribution in [2.45, 2.75) is 38.3 Å². The molecule has 1 aromatic carbocycles. The van der Waals surface area contributed by atoms with Gasteiger partial charge in [-0.15, -0.1) is 0 Å². The van der Waals surface area contributed by atoms with Crippen molar-refractivity contribution in [3.05, 3.63) is 59.3 Å². The Kier molecular flexibility index (Phi) is 4.87. The van der Waals surface area contributed by atoms with Gasteiger partial charge in [-0.3, -0.25) is 4.79 Å². The van der Waals surface area contributed by atoms with Crippen LogP contribution in [0.2, 0.25) is 0 Å². The second-order valence-electron chi connectivity index (χ2n) is 8.18. The molecule has 1 aliphatic heterocycles. The molecule has 10 heteroatoms. The molecule has 5 rings (SSSR count). The molecular weight excluding hydrogens is 421 g/mol. The first kappa shape index (κ1) is 20.5. The van der Waals surface area contributed by atoms with Gasteiger partial charge in [0.2, 0.25) is 5.91 Å². The second-order valence-corrected chi connectivity index (χ2v) is 8.18. The first-order valence-electron chi connectivity index (χ1n) is 10.4. The van der Waals surface area contributed by atoms with Gasteiger partial charge in [-0.05, 0) is 38.0 Å². The molecule has 0 bridgehead atoms. The van der Waals surface area contributed by atoms with Crippen molar-refractivity contribution in [3.63, 3.8) is 0 Å². The van der Waals surface area contributed by atoms with Gasteiger partial charge >= 0.3 is 6.18 Å². The number of amides is 1. The fraction of sp³-hybridized carbons (Fsp3) is 0.364. The number of aryl methyl sites for hydroxylation is 1. The highest BCUT2D eigenvalue weighted by atomic mass is 19.4. The Bertz CT molecular complexity index is 1280. The van der Waals surface area contributed by atoms with Crippen LogP contribution < -0.4 is 0 Å². The molecule has 7 nitrogen and oxygen atoms in total. The molecule has 1 fully saturated rings. The molecule has 32 heavy (non-hydrogen) atoms. The number of fused-ring (bicyclic) bond motifs is 2. The first-order chi connectivity index (χ1) is 15.3. The molecule has 0 aliphatic carbocycles. The lowest BCUT2D eigenvalue weighted by molar-refractivity contribution is -0.142. The van der Waals surface area contributed by atoms with Crippen LogP contribution in [0.15, 0.2) is 36.4 Å². The van der Waals surface area contributed by atoms with Crippen LogP contribution in [0, 0.1) is 6.92 Å². The number of halogens is 3. The molecule has 0 spiro atoms. The van der Waals surface area contributed by atoms with E-state index in [4.69, 9.17) is 0 Å². The van der Waals surface area contributed by atoms with Gasteiger partial charge in [0.15, 0.2) is 5.65 Å². The molecule has 0 radical (unpaired) electrons. The number of benzene rings is 1. The molecule has 4 aromatic rings. The molecule has 1 saturated heterocycles. The summed E-state index contributed by atoms with van der Waals surface area (Å²) in [6, 6.07) is 10.2. The number of nitrogens with one attached hydrogen (secondary N) is 1. The lowest BCUT2D eigenvalue weighted by atomic mass is 9.94. The monoisotopic (exact) mass is 442 g/mol. The van der Waals surface area contributed by atoms with Crippen LogP contribution in [-0.2, 0) is 17.4 Å². The number of rotatable bonds is 3. The summed E-state index contributed by atoms with van der Waals surface area (Å²) >= 11 is 0. The molecule has 1 aliphatic rings. The Hall–Kier alpha value is -3.43. The largest absolute Gasteiger partial charge is 0.433 e. The highest BCUT2D eigenvalue weighted by Gasteiger charge is 2.35. The van der Waals surface area contributed by atoms with Gasteiger partial charge in [0.25, 0.3) is 0 Å². The summed E-state index contributed by atoms with van der Waals surface area (Å²) in [6.45, 7) is 2.54. The average molecular weight is 442 g/mol. The summed E-state index contributed by atoms with van der Waals surface area (Å²) in [5, 5.41) is 4.23. The number of hydrogen-bond acceptors (Lipinski definition) is 4. The topological polar surface area (TPSA) is 79.2 Å². The molecule has 3 aromatic heterocycles. The number of likely N-dealkylation sites (tertiary alicyclic amines) is 1. The molecular formula is C22H21F3N6O. The van der Waals surface area contributed by atoms with Gasteiger partial charge in [-0.25, -0.2) is 14.5 Å². The third-order valence-corrected chi connectivity index (χ3v) is 5.81. The summed E-state index contributed by atoms with van der Waals surface area (Å²) in [4.78, 5) is 26.5. The van der Waals surface area contributed by atoms with E-state index in [1.165, 1.54) is 6.92 Å². The summed E-state index contributed by atoms with van der Waals surface area (Å²) in [7, 11) is 0. The third kappa shape index (κ3) is 3.80. The number of piperidine rings is 1. The third-order valence-electron chi connectivity index (χ3n) is 5.81. The minimum Gasteiger partial charge on any atom is -0.342 e. The number of hydrogen-bond donors (Lipinski definition) is 1. The van der Waals surface area contributed by atoms with Crippen molar-refractivity contribution in [3.8, 4) is 0 Å². The summed E-state index contributed by atoms with van der Waals surface area (Å²) in [5.74, 6) is 0.384. The molecule has 166 valence electrons. The van der Waals surface area contributed by atoms with Crippen LogP contribution in [-0.4, -0.2) is 48.5 Å². The van der Waals surface area contributed by atoms with E-state index in [2.05, 4.69) is 20.1 Å². The smallest absolute Gasteiger partial charge is 0.342 e. The normalized spacial score (nSPS) is 17.4. The van der Waals surface area contributed by atoms with E-state index < -0.39 is 11.9 Å². The molecule has 4 heterocycles. The van der Waals surface area contributed by atoms with E-state index in [9.17, 15) is 18.0 Å². The minimum absolute atomic E-state index is 0.0672. The van der Waals surface area contributed by atoms with Gasteiger partial charge in [-0.1, -0.05) is 12.1 Å². The molecule has 0 saturated carbocycles. The van der Waals surface area contributed by atoms with Crippen molar-refractivity contribution in [2.75, 3.05) is 13.1 Å². The Morgan fingerprint density at radius 1 is 1.22 bits per heavy atom. The van der Waals surface area contributed by atoms with Crippen molar-refractivity contribution < 1.29 is 18.0 Å². The number of H-pyrrole nitrogens is 1. The highest BCUT2D eigenvalue weighted by Crippen LogP contribution is 2.32. The van der Waals surface area contributed by atoms with Crippen LogP contribution in [0.25, 0.3) is 16.7 Å². The van der Waals surface area contributed by atoms with Gasteiger partial charge in [0.1, 0.15) is 11.5 Å². The van der Waals surface area contributed by atoms with Gasteiger partial charge in [-0.2, -0.15) is 18.3 Å². The SMILES string of the molecule is Cc1cc(C(F)(F)F)n2nc([C@H]3CCCN(C(=O)Cc4nc5ccccc5[nH]4)C3)cc2n1. The lowest BCUT2D eigenvalue weighted by Gasteiger charge is -2.31. The van der Waals surface area contributed by atoms with Crippen molar-refractivity contribution in [1.29, 1.82) is 0 Å². The maximum Gasteiger partial charge on any atom is 0.433 e. The van der Waals surface area contributed by atoms with Crippen LogP contribution in [0.5, 0.6) is 0 Å². The quantitative estimate of drug-likeness (QED) is 0.522. The number of aromatic amines is 1. The van der Waals surface area contributed by atoms with Crippen LogP contribution >= 0.6 is 0 Å². The zero-order chi connectivity index (χ0) is 22.5. The maximum atomic E-state index is 13.5. The zero-order valence-electron chi connectivity index (χ0n) is 17.4. The number of nitrogens with zero attached hydrogens (tertiary/aromatic N) is 5. The first-order valence-corrected chi connectivity index (χ1v) is 10.4. The van der Waals surface area contributed by atoms with Gasteiger partial charge < -0.3 is 9.88 Å². The summed E-state index contributed by atoms with van der Waals surface area (Å²) < 4.78 is 41.2. The maximum absolute atomic E-state index is 13.5. The molecule has 1 amide bonds. The minimum atomic E-state index is -4.53. The number of carbonyl (C=O) groups excluding carboxylic acids is 1. The van der Waals surface area contributed by atoms with Crippen LogP contribution in [0.3, 0.4) is 0 Å². The van der Waals surface area contributed by atoms with Crippen LogP contribution in [0.1, 0.15) is 41.7 Å². The van der Waals surface area contributed by atoms with E-state index in [0.717, 1.165) is 34.5 Å². The second kappa shape index (κ2) is 7.61. The summed E-state index contributed by atoms with van der Waals surface area (Å²) in [6.07, 6.45) is -2.89. The molecule has 0 unspecified atom stereocenters. The lowest BCUT2D eigenvalue weighted by Crippen LogP contribution is -2.40. The molecule has 1 atom stereocenters. The van der Waals surface area contributed by atoms with Crippen LogP contribution in [0.4, 0.5) is 13.2 Å². The number of aromatic nitrogens is 5. The zero-order valence-corrected chi connectivity index (χ0v) is 17.4. The predicted molar refractivity (Wildman–Crippen MR) is 111 cm³/mol. The van der Waals surface area contributed by atoms with E-state index >= 15 is 0 Å². The standard InChI is InChI=1S/C22H21F3N6O/c1-13-9-18(22(23,24)25)31-20(26-13)10-17(29-31)14-5-4-8-30(12-14)21(32)11-19-27-15-6-2-3-7-16(15)28-19/h2-3,6-7,9-10,14H,4-5,8,11-12H2,1H3,(H,27,28)/t14-/m0/s1. The fourth-order valence-corrected chi connectivity index (χ4v) is 4.31. The number of alkyl halides is 3. The average Bonchev–Trinajstić information content (AvgIpc) is 3.35. The van der Waals surface area contributed by atoms with Crippen molar-refractivity contribution in [1.82, 2.24) is 29.5 Å². The number of imidazole rings is 1. The van der Waals surface area contributed by atoms with Crippen molar-refractivity contribution >= 4 is 22.6 Å². The Morgan fingerprint density at radius 2 is 2.03 bits per heavy atom. The number of para-hydroxylation sites is 2. The number of carbonyl (C=O) groups is 1. The summed E-state index contributed by atoms with van der Waals surface area (Å²) in [5.41, 5.74) is 1.80. The van der Waals surface area contributed by atoms with E-state index in [0.29, 0.717) is 24.6 Å². The predicted octanol–water partition coefficient (Wildman–Crippen LogP) is 3.88. The highest BCUT2D eigenvalue weighted by molar-refractivity contribution is 5.80.